The van der Waals surface area contributed by atoms with Crippen molar-refractivity contribution in [1.82, 2.24) is 30.7 Å². The number of hydrogen-bond donors (Lipinski definition) is 4. The van der Waals surface area contributed by atoms with Crippen LogP contribution < -0.4 is 16.0 Å². The number of nitrogens with one attached hydrogen (secondary N) is 3. The number of carboxylic acids is 1. The first-order valence-corrected chi connectivity index (χ1v) is 20.9. The molecule has 2 aliphatic heterocycles. The van der Waals surface area contributed by atoms with Crippen molar-refractivity contribution in [1.29, 1.82) is 0 Å². The second kappa shape index (κ2) is 19.5. The van der Waals surface area contributed by atoms with Gasteiger partial charge in [-0.2, -0.15) is 0 Å². The number of carboxylic acid groups (broad SMARTS) is 1. The molecule has 14 heteroatoms. The standard InChI is InChI=1S/C43H56N6O7S/c1-7-26(4)36(47-38(51)34-19-13-14-20-48(34)6)39(52)45-32(25(2)3)23-35(49-41(53)30-17-11-12-18-31(30)42(49)54)40-46-33(24-57-40)37(50)44-29(21-27(5)43(55)56)22-28-15-9-8-10-16-28/h8-12,15-18,24-27,29,32,34-36H,7,13-14,19-23H2,1-6H3,(H,44,50)(H,45,52)(H,47,51)(H,55,56). The number of thiazole rings is 1. The Labute approximate surface area is 339 Å². The van der Waals surface area contributed by atoms with Gasteiger partial charge in [0.1, 0.15) is 16.7 Å². The van der Waals surface area contributed by atoms with Crippen LogP contribution in [0.1, 0.15) is 121 Å². The lowest BCUT2D eigenvalue weighted by Crippen LogP contribution is -2.57. The summed E-state index contributed by atoms with van der Waals surface area (Å²) in [5.74, 6) is -4.06. The van der Waals surface area contributed by atoms with Gasteiger partial charge >= 0.3 is 5.97 Å². The lowest BCUT2D eigenvalue weighted by atomic mass is 9.93. The normalized spacial score (nSPS) is 18.9. The number of piperidine rings is 1. The maximum absolute atomic E-state index is 14.2. The topological polar surface area (TPSA) is 178 Å². The molecule has 1 fully saturated rings. The van der Waals surface area contributed by atoms with Crippen molar-refractivity contribution in [3.8, 4) is 0 Å². The molecule has 0 radical (unpaired) electrons. The van der Waals surface area contributed by atoms with Crippen LogP contribution in [0.15, 0.2) is 60.0 Å². The van der Waals surface area contributed by atoms with Crippen LogP contribution in [0.4, 0.5) is 0 Å². The minimum absolute atomic E-state index is 0.0648. The number of carbonyl (C=O) groups excluding carboxylic acids is 5. The van der Waals surface area contributed by atoms with Gasteiger partial charge in [-0.3, -0.25) is 38.6 Å². The molecule has 0 bridgehead atoms. The van der Waals surface area contributed by atoms with Crippen molar-refractivity contribution in [2.75, 3.05) is 13.6 Å². The number of aromatic nitrogens is 1. The summed E-state index contributed by atoms with van der Waals surface area (Å²) in [6.45, 7) is 10.2. The number of rotatable bonds is 18. The van der Waals surface area contributed by atoms with E-state index >= 15 is 0 Å². The summed E-state index contributed by atoms with van der Waals surface area (Å²) >= 11 is 1.13. The Morgan fingerprint density at radius 2 is 1.54 bits per heavy atom. The maximum Gasteiger partial charge on any atom is 0.306 e. The molecule has 13 nitrogen and oxygen atoms in total. The average molecular weight is 801 g/mol. The maximum atomic E-state index is 14.2. The fourth-order valence-corrected chi connectivity index (χ4v) is 8.50. The van der Waals surface area contributed by atoms with Gasteiger partial charge in [-0.25, -0.2) is 4.98 Å². The first-order valence-electron chi connectivity index (χ1n) is 20.0. The number of likely N-dealkylation sites (N-methyl/N-ethyl adjacent to an activating group) is 1. The van der Waals surface area contributed by atoms with Crippen LogP contribution in [0.3, 0.4) is 0 Å². The molecule has 3 aromatic rings. The van der Waals surface area contributed by atoms with Crippen LogP contribution in [0.2, 0.25) is 0 Å². The van der Waals surface area contributed by atoms with Gasteiger partial charge in [-0.15, -0.1) is 11.3 Å². The highest BCUT2D eigenvalue weighted by Crippen LogP contribution is 2.37. The Hall–Kier alpha value is -4.95. The molecule has 3 heterocycles. The van der Waals surface area contributed by atoms with Crippen molar-refractivity contribution in [3.63, 3.8) is 0 Å². The van der Waals surface area contributed by atoms with Gasteiger partial charge < -0.3 is 21.1 Å². The minimum atomic E-state index is -0.969. The van der Waals surface area contributed by atoms with E-state index < -0.39 is 53.8 Å². The molecule has 0 saturated carbocycles. The SMILES string of the molecule is CCC(C)C(NC(=O)C1CCCCN1C)C(=O)NC(CC(c1nc(C(=O)NC(Cc2ccccc2)CC(C)C(=O)O)cs1)N1C(=O)c2ccccc2C1=O)C(C)C. The molecule has 7 atom stereocenters. The van der Waals surface area contributed by atoms with Crippen molar-refractivity contribution in [2.45, 2.75) is 110 Å². The lowest BCUT2D eigenvalue weighted by Gasteiger charge is -2.35. The Balaban J connectivity index is 1.42. The molecule has 1 aromatic heterocycles. The highest BCUT2D eigenvalue weighted by molar-refractivity contribution is 7.10. The van der Waals surface area contributed by atoms with Crippen molar-refractivity contribution in [3.05, 3.63) is 87.4 Å². The molecular weight excluding hydrogens is 745 g/mol. The number of benzene rings is 2. The van der Waals surface area contributed by atoms with Crippen LogP contribution in [-0.2, 0) is 20.8 Å². The minimum Gasteiger partial charge on any atom is -0.481 e. The van der Waals surface area contributed by atoms with Crippen LogP contribution in [0, 0.1) is 17.8 Å². The summed E-state index contributed by atoms with van der Waals surface area (Å²) in [6.07, 6.45) is 4.02. The van der Waals surface area contributed by atoms with E-state index in [0.29, 0.717) is 17.8 Å². The molecule has 306 valence electrons. The number of carbonyl (C=O) groups is 6. The van der Waals surface area contributed by atoms with E-state index in [0.717, 1.165) is 42.7 Å². The van der Waals surface area contributed by atoms with Gasteiger partial charge in [-0.1, -0.05) is 89.9 Å². The number of imide groups is 1. The smallest absolute Gasteiger partial charge is 0.306 e. The number of hydrogen-bond acceptors (Lipinski definition) is 9. The van der Waals surface area contributed by atoms with Gasteiger partial charge in [0.2, 0.25) is 11.8 Å². The number of fused-ring (bicyclic) bond motifs is 1. The second-order valence-electron chi connectivity index (χ2n) is 15.9. The number of likely N-dealkylation sites (tertiary alicyclic amines) is 1. The molecule has 57 heavy (non-hydrogen) atoms. The number of aliphatic carboxylic acids is 1. The molecule has 2 aromatic carbocycles. The third-order valence-corrected chi connectivity index (χ3v) is 12.3. The molecule has 2 aliphatic rings. The lowest BCUT2D eigenvalue weighted by molar-refractivity contribution is -0.141. The summed E-state index contributed by atoms with van der Waals surface area (Å²) < 4.78 is 0. The summed E-state index contributed by atoms with van der Waals surface area (Å²) in [6, 6.07) is 12.9. The van der Waals surface area contributed by atoms with Crippen LogP contribution in [-0.4, -0.2) is 93.2 Å². The predicted molar refractivity (Wildman–Crippen MR) is 218 cm³/mol. The molecule has 0 aliphatic carbocycles. The van der Waals surface area contributed by atoms with E-state index in [1.165, 1.54) is 4.90 Å². The van der Waals surface area contributed by atoms with Gasteiger partial charge in [0, 0.05) is 17.5 Å². The van der Waals surface area contributed by atoms with Gasteiger partial charge in [-0.05, 0) is 75.2 Å². The molecule has 7 unspecified atom stereocenters. The van der Waals surface area contributed by atoms with Crippen molar-refractivity contribution in [2.24, 2.45) is 17.8 Å². The zero-order chi connectivity index (χ0) is 41.4. The van der Waals surface area contributed by atoms with Crippen molar-refractivity contribution >= 4 is 46.8 Å². The average Bonchev–Trinajstić information content (AvgIpc) is 3.78. The van der Waals surface area contributed by atoms with Gasteiger partial charge in [0.15, 0.2) is 0 Å². The first-order chi connectivity index (χ1) is 27.2. The number of nitrogens with zero attached hydrogens (tertiary/aromatic N) is 3. The van der Waals surface area contributed by atoms with E-state index in [4.69, 9.17) is 4.98 Å². The van der Waals surface area contributed by atoms with E-state index in [1.54, 1.807) is 36.6 Å². The third-order valence-electron chi connectivity index (χ3n) is 11.4. The molecule has 4 N–H and O–H groups in total. The molecule has 5 rings (SSSR count). The highest BCUT2D eigenvalue weighted by Gasteiger charge is 2.43. The summed E-state index contributed by atoms with van der Waals surface area (Å²) in [4.78, 5) is 89.0. The zero-order valence-corrected chi connectivity index (χ0v) is 34.5. The molecule has 0 spiro atoms. The Kier molecular flexibility index (Phi) is 14.7. The summed E-state index contributed by atoms with van der Waals surface area (Å²) in [7, 11) is 1.92. The van der Waals surface area contributed by atoms with E-state index in [9.17, 15) is 33.9 Å². The highest BCUT2D eigenvalue weighted by atomic mass is 32.1. The quantitative estimate of drug-likeness (QED) is 0.121. The largest absolute Gasteiger partial charge is 0.481 e. The van der Waals surface area contributed by atoms with E-state index in [-0.39, 0.29) is 59.4 Å². The number of amides is 5. The van der Waals surface area contributed by atoms with Gasteiger partial charge in [0.05, 0.1) is 29.1 Å². The zero-order valence-electron chi connectivity index (χ0n) is 33.7. The van der Waals surface area contributed by atoms with Gasteiger partial charge in [0.25, 0.3) is 17.7 Å². The molecule has 5 amide bonds. The Morgan fingerprint density at radius 1 is 0.895 bits per heavy atom. The predicted octanol–water partition coefficient (Wildman–Crippen LogP) is 5.48. The fraction of sp³-hybridized carbons (Fsp3) is 0.512. The second-order valence-corrected chi connectivity index (χ2v) is 16.8. The van der Waals surface area contributed by atoms with E-state index in [2.05, 4.69) is 16.0 Å². The van der Waals surface area contributed by atoms with E-state index in [1.807, 2.05) is 70.0 Å². The van der Waals surface area contributed by atoms with Crippen LogP contribution in [0.5, 0.6) is 0 Å². The summed E-state index contributed by atoms with van der Waals surface area (Å²) in [5.41, 5.74) is 1.52. The Bertz CT molecular complexity index is 1880. The van der Waals surface area contributed by atoms with Crippen molar-refractivity contribution < 1.29 is 33.9 Å². The van der Waals surface area contributed by atoms with Crippen LogP contribution >= 0.6 is 11.3 Å². The molecule has 1 saturated heterocycles. The first kappa shape index (κ1) is 43.2. The fourth-order valence-electron chi connectivity index (χ4n) is 7.60. The third kappa shape index (κ3) is 10.5. The Morgan fingerprint density at radius 3 is 2.14 bits per heavy atom. The van der Waals surface area contributed by atoms with Crippen LogP contribution in [0.25, 0.3) is 0 Å². The summed E-state index contributed by atoms with van der Waals surface area (Å²) in [5, 5.41) is 20.7. The molecular formula is C43H56N6O7S. The monoisotopic (exact) mass is 800 g/mol.